The van der Waals surface area contributed by atoms with Gasteiger partial charge in [-0.3, -0.25) is 9.19 Å². The van der Waals surface area contributed by atoms with Gasteiger partial charge in [0, 0.05) is 59.4 Å². The average molecular weight is 500 g/mol. The van der Waals surface area contributed by atoms with Crippen molar-refractivity contribution in [1.29, 1.82) is 0 Å². The van der Waals surface area contributed by atoms with Gasteiger partial charge in [0.05, 0.1) is 34.0 Å². The van der Waals surface area contributed by atoms with E-state index in [1.54, 1.807) is 10.9 Å². The lowest BCUT2D eigenvalue weighted by Crippen LogP contribution is -2.26. The van der Waals surface area contributed by atoms with Crippen molar-refractivity contribution in [1.82, 2.24) is 24.5 Å². The number of aryl methyl sites for hydroxylation is 2. The number of hydrogen-bond donors (Lipinski definition) is 0. The van der Waals surface area contributed by atoms with Crippen LogP contribution in [0.25, 0.3) is 33.2 Å². The number of fused-ring (bicyclic) bond motifs is 3. The van der Waals surface area contributed by atoms with Crippen molar-refractivity contribution in [3.63, 3.8) is 0 Å². The van der Waals surface area contributed by atoms with E-state index in [-0.39, 0.29) is 6.04 Å². The molecule has 6 rings (SSSR count). The second kappa shape index (κ2) is 9.26. The summed E-state index contributed by atoms with van der Waals surface area (Å²) < 4.78 is 22.5. The van der Waals surface area contributed by atoms with Gasteiger partial charge in [-0.15, -0.1) is 5.10 Å². The molecule has 0 spiro atoms. The van der Waals surface area contributed by atoms with Crippen LogP contribution in [0, 0.1) is 12.8 Å². The van der Waals surface area contributed by atoms with Crippen LogP contribution in [-0.2, 0) is 22.6 Å². The average Bonchev–Trinajstić information content (AvgIpc) is 3.41. The van der Waals surface area contributed by atoms with E-state index in [9.17, 15) is 4.21 Å². The van der Waals surface area contributed by atoms with Crippen LogP contribution in [0.15, 0.2) is 65.7 Å². The molecule has 2 atom stereocenters. The van der Waals surface area contributed by atoms with Gasteiger partial charge in [0.1, 0.15) is 0 Å². The minimum Gasteiger partial charge on any atom is -0.381 e. The predicted molar refractivity (Wildman–Crippen MR) is 142 cm³/mol. The SMILES string of the molecule is Cc1nnn(C)c1-c1cnc2c3ccc(S(C)=O)cc3n([C@H](c3ccccc3)C3CCOCC3)c2c1. The van der Waals surface area contributed by atoms with Crippen molar-refractivity contribution < 1.29 is 8.95 Å². The number of aromatic nitrogens is 5. The van der Waals surface area contributed by atoms with E-state index >= 15 is 0 Å². The van der Waals surface area contributed by atoms with Crippen molar-refractivity contribution in [3.05, 3.63) is 72.1 Å². The maximum Gasteiger partial charge on any atom is 0.0960 e. The van der Waals surface area contributed by atoms with E-state index in [1.165, 1.54) is 5.56 Å². The predicted octanol–water partition coefficient (Wildman–Crippen LogP) is 5.05. The first-order valence-electron chi connectivity index (χ1n) is 12.3. The fraction of sp³-hybridized carbons (Fsp3) is 0.321. The smallest absolute Gasteiger partial charge is 0.0960 e. The molecule has 2 aromatic carbocycles. The summed E-state index contributed by atoms with van der Waals surface area (Å²) in [6.45, 7) is 3.50. The molecule has 1 aliphatic heterocycles. The van der Waals surface area contributed by atoms with E-state index in [0.29, 0.717) is 5.92 Å². The Hall–Kier alpha value is -3.36. The summed E-state index contributed by atoms with van der Waals surface area (Å²) in [5.74, 6) is 0.402. The highest BCUT2D eigenvalue weighted by molar-refractivity contribution is 7.84. The van der Waals surface area contributed by atoms with Crippen LogP contribution in [0.4, 0.5) is 0 Å². The molecule has 4 heterocycles. The Bertz CT molecular complexity index is 1560. The Labute approximate surface area is 212 Å². The highest BCUT2D eigenvalue weighted by atomic mass is 32.2. The number of nitrogens with zero attached hydrogens (tertiary/aromatic N) is 5. The number of benzene rings is 2. The van der Waals surface area contributed by atoms with E-state index < -0.39 is 10.8 Å². The van der Waals surface area contributed by atoms with Gasteiger partial charge >= 0.3 is 0 Å². The minimum absolute atomic E-state index is 0.0958. The Morgan fingerprint density at radius 3 is 2.53 bits per heavy atom. The summed E-state index contributed by atoms with van der Waals surface area (Å²) in [6, 6.07) is 19.1. The summed E-state index contributed by atoms with van der Waals surface area (Å²) in [5.41, 5.74) is 7.13. The van der Waals surface area contributed by atoms with Crippen molar-refractivity contribution >= 4 is 32.7 Å². The van der Waals surface area contributed by atoms with Gasteiger partial charge in [-0.05, 0) is 55.5 Å². The Morgan fingerprint density at radius 2 is 1.83 bits per heavy atom. The molecule has 184 valence electrons. The molecule has 0 radical (unpaired) electrons. The molecule has 36 heavy (non-hydrogen) atoms. The third kappa shape index (κ3) is 3.85. The topological polar surface area (TPSA) is 74.8 Å². The standard InChI is InChI=1S/C28H29N5O2S/c1-18-27(32(2)31-30-18)21-15-25-26(29-17-21)23-10-9-22(36(3)34)16-24(23)33(25)28(19-7-5-4-6-8-19)20-11-13-35-14-12-20/h4-10,15-17,20,28H,11-14H2,1-3H3/t28-,36?/m1/s1. The minimum atomic E-state index is -1.09. The normalized spacial score (nSPS) is 16.5. The molecule has 0 saturated carbocycles. The highest BCUT2D eigenvalue weighted by Gasteiger charge is 2.30. The molecule has 0 bridgehead atoms. The monoisotopic (exact) mass is 499 g/mol. The van der Waals surface area contributed by atoms with Crippen LogP contribution >= 0.6 is 0 Å². The van der Waals surface area contributed by atoms with Crippen molar-refractivity contribution in [3.8, 4) is 11.3 Å². The van der Waals surface area contributed by atoms with Gasteiger partial charge in [0.15, 0.2) is 0 Å². The van der Waals surface area contributed by atoms with Crippen molar-refractivity contribution in [2.45, 2.75) is 30.7 Å². The molecule has 1 fully saturated rings. The zero-order chi connectivity index (χ0) is 24.8. The molecule has 5 aromatic rings. The van der Waals surface area contributed by atoms with Gasteiger partial charge in [-0.25, -0.2) is 4.68 Å². The van der Waals surface area contributed by atoms with E-state index in [2.05, 4.69) is 63.4 Å². The Balaban J connectivity index is 1.69. The Morgan fingerprint density at radius 1 is 1.06 bits per heavy atom. The summed E-state index contributed by atoms with van der Waals surface area (Å²) in [4.78, 5) is 5.79. The molecule has 0 aliphatic carbocycles. The lowest BCUT2D eigenvalue weighted by Gasteiger charge is -2.33. The molecule has 0 amide bonds. The number of pyridine rings is 1. The number of hydrogen-bond acceptors (Lipinski definition) is 5. The summed E-state index contributed by atoms with van der Waals surface area (Å²) in [6.07, 6.45) is 5.61. The Kier molecular flexibility index (Phi) is 5.93. The molecule has 7 nitrogen and oxygen atoms in total. The fourth-order valence-electron chi connectivity index (χ4n) is 5.66. The summed E-state index contributed by atoms with van der Waals surface area (Å²) in [7, 11) is 0.824. The van der Waals surface area contributed by atoms with E-state index in [0.717, 1.165) is 69.8 Å². The van der Waals surface area contributed by atoms with Crippen LogP contribution in [0.5, 0.6) is 0 Å². The van der Waals surface area contributed by atoms with Crippen LogP contribution in [0.2, 0.25) is 0 Å². The van der Waals surface area contributed by atoms with Gasteiger partial charge < -0.3 is 9.30 Å². The van der Waals surface area contributed by atoms with Crippen LogP contribution in [-0.4, -0.2) is 48.2 Å². The maximum atomic E-state index is 12.5. The molecule has 0 N–H and O–H groups in total. The summed E-state index contributed by atoms with van der Waals surface area (Å²) >= 11 is 0. The second-order valence-corrected chi connectivity index (χ2v) is 10.9. The highest BCUT2D eigenvalue weighted by Crippen LogP contribution is 2.41. The molecular weight excluding hydrogens is 470 g/mol. The second-order valence-electron chi connectivity index (χ2n) is 9.55. The molecule has 1 unspecified atom stereocenters. The molecule has 8 heteroatoms. The quantitative estimate of drug-likeness (QED) is 0.338. The van der Waals surface area contributed by atoms with Gasteiger partial charge in [0.25, 0.3) is 0 Å². The van der Waals surface area contributed by atoms with Gasteiger partial charge in [-0.2, -0.15) is 0 Å². The number of ether oxygens (including phenoxy) is 1. The first-order valence-corrected chi connectivity index (χ1v) is 13.8. The third-order valence-corrected chi connectivity index (χ3v) is 8.26. The summed E-state index contributed by atoms with van der Waals surface area (Å²) in [5, 5.41) is 9.53. The zero-order valence-electron chi connectivity index (χ0n) is 20.7. The van der Waals surface area contributed by atoms with E-state index in [1.807, 2.05) is 26.2 Å². The lowest BCUT2D eigenvalue weighted by molar-refractivity contribution is 0.0553. The van der Waals surface area contributed by atoms with Crippen LogP contribution in [0.1, 0.15) is 30.1 Å². The zero-order valence-corrected chi connectivity index (χ0v) is 21.5. The first-order chi connectivity index (χ1) is 17.5. The van der Waals surface area contributed by atoms with Gasteiger partial charge in [0.2, 0.25) is 0 Å². The van der Waals surface area contributed by atoms with Gasteiger partial charge in [-0.1, -0.05) is 35.5 Å². The van der Waals surface area contributed by atoms with Crippen molar-refractivity contribution in [2.24, 2.45) is 13.0 Å². The molecule has 1 saturated heterocycles. The van der Waals surface area contributed by atoms with Crippen molar-refractivity contribution in [2.75, 3.05) is 19.5 Å². The molecule has 1 aliphatic rings. The van der Waals surface area contributed by atoms with Crippen LogP contribution < -0.4 is 0 Å². The fourth-order valence-corrected chi connectivity index (χ4v) is 6.20. The first kappa shape index (κ1) is 23.1. The largest absolute Gasteiger partial charge is 0.381 e. The molecule has 3 aromatic heterocycles. The van der Waals surface area contributed by atoms with E-state index in [4.69, 9.17) is 9.72 Å². The maximum absolute atomic E-state index is 12.5. The third-order valence-electron chi connectivity index (χ3n) is 7.34. The lowest BCUT2D eigenvalue weighted by atomic mass is 9.86. The van der Waals surface area contributed by atoms with Crippen LogP contribution in [0.3, 0.4) is 0 Å². The number of rotatable bonds is 5. The molecular formula is C28H29N5O2S.